The minimum atomic E-state index is 0.670. The number of hydrogen-bond donors (Lipinski definition) is 1. The molecule has 9 heavy (non-hydrogen) atoms. The lowest BCUT2D eigenvalue weighted by Gasteiger charge is -1.93. The van der Waals surface area contributed by atoms with E-state index in [0.717, 1.165) is 6.42 Å². The summed E-state index contributed by atoms with van der Waals surface area (Å²) >= 11 is 0. The van der Waals surface area contributed by atoms with Crippen molar-refractivity contribution in [1.29, 1.82) is 0 Å². The van der Waals surface area contributed by atoms with Gasteiger partial charge in [0.15, 0.2) is 0 Å². The van der Waals surface area contributed by atoms with Crippen LogP contribution in [0.25, 0.3) is 0 Å². The van der Waals surface area contributed by atoms with E-state index in [4.69, 9.17) is 10.5 Å². The summed E-state index contributed by atoms with van der Waals surface area (Å²) in [6.07, 6.45) is 4.63. The zero-order valence-electron chi connectivity index (χ0n) is 5.76. The molecule has 0 heterocycles. The molecule has 0 bridgehead atoms. The van der Waals surface area contributed by atoms with Crippen molar-refractivity contribution in [3.63, 3.8) is 0 Å². The van der Waals surface area contributed by atoms with Crippen molar-refractivity contribution in [2.45, 2.75) is 6.42 Å². The molecule has 2 nitrogen and oxygen atoms in total. The summed E-state index contributed by atoms with van der Waals surface area (Å²) in [5.74, 6) is 0.670. The fourth-order valence-electron chi connectivity index (χ4n) is 0.379. The number of allylic oxidation sites excluding steroid dienone is 1. The standard InChI is InChI=1S/C7H13NO/c1-7(9-2)5-3-4-6-8/h3,5H,1,4,6,8H2,2H3/b5-3-. The first-order valence-corrected chi connectivity index (χ1v) is 2.90. The lowest BCUT2D eigenvalue weighted by molar-refractivity contribution is 0.308. The Balaban J connectivity index is 3.32. The predicted octanol–water partition coefficient (Wildman–Crippen LogP) is 1.05. The van der Waals surface area contributed by atoms with Crippen molar-refractivity contribution in [3.8, 4) is 0 Å². The van der Waals surface area contributed by atoms with Crippen molar-refractivity contribution in [2.24, 2.45) is 5.73 Å². The third-order valence-corrected chi connectivity index (χ3v) is 0.899. The molecule has 0 unspecified atom stereocenters. The maximum absolute atomic E-state index is 5.23. The summed E-state index contributed by atoms with van der Waals surface area (Å²) in [7, 11) is 1.59. The first kappa shape index (κ1) is 8.24. The Morgan fingerprint density at radius 3 is 2.89 bits per heavy atom. The third kappa shape index (κ3) is 5.11. The molecule has 0 aliphatic rings. The second-order valence-corrected chi connectivity index (χ2v) is 1.65. The van der Waals surface area contributed by atoms with Crippen LogP contribution in [0, 0.1) is 0 Å². The highest BCUT2D eigenvalue weighted by Gasteiger charge is 1.78. The van der Waals surface area contributed by atoms with Gasteiger partial charge in [0, 0.05) is 0 Å². The molecular weight excluding hydrogens is 114 g/mol. The Morgan fingerprint density at radius 1 is 1.78 bits per heavy atom. The van der Waals surface area contributed by atoms with Gasteiger partial charge in [0.2, 0.25) is 0 Å². The van der Waals surface area contributed by atoms with Crippen molar-refractivity contribution >= 4 is 0 Å². The molecule has 0 saturated heterocycles. The van der Waals surface area contributed by atoms with Gasteiger partial charge in [-0.2, -0.15) is 0 Å². The second-order valence-electron chi connectivity index (χ2n) is 1.65. The molecule has 0 aromatic heterocycles. The molecule has 0 aliphatic heterocycles. The zero-order chi connectivity index (χ0) is 7.11. The Morgan fingerprint density at radius 2 is 2.44 bits per heavy atom. The van der Waals surface area contributed by atoms with Gasteiger partial charge < -0.3 is 10.5 Å². The van der Waals surface area contributed by atoms with Crippen LogP contribution in [0.1, 0.15) is 6.42 Å². The van der Waals surface area contributed by atoms with E-state index in [1.807, 2.05) is 12.2 Å². The van der Waals surface area contributed by atoms with Gasteiger partial charge in [0.25, 0.3) is 0 Å². The largest absolute Gasteiger partial charge is 0.497 e. The monoisotopic (exact) mass is 127 g/mol. The van der Waals surface area contributed by atoms with Crippen LogP contribution in [0.5, 0.6) is 0 Å². The molecule has 0 rings (SSSR count). The molecule has 2 N–H and O–H groups in total. The molecular formula is C7H13NO. The van der Waals surface area contributed by atoms with E-state index in [9.17, 15) is 0 Å². The van der Waals surface area contributed by atoms with E-state index in [0.29, 0.717) is 12.3 Å². The highest BCUT2D eigenvalue weighted by Crippen LogP contribution is 1.92. The van der Waals surface area contributed by atoms with Crippen LogP contribution >= 0.6 is 0 Å². The molecule has 0 atom stereocenters. The smallest absolute Gasteiger partial charge is 0.111 e. The topological polar surface area (TPSA) is 35.2 Å². The van der Waals surface area contributed by atoms with Crippen LogP contribution in [-0.2, 0) is 4.74 Å². The molecule has 0 spiro atoms. The van der Waals surface area contributed by atoms with Crippen LogP contribution in [0.3, 0.4) is 0 Å². The summed E-state index contributed by atoms with van der Waals surface area (Å²) in [6, 6.07) is 0. The third-order valence-electron chi connectivity index (χ3n) is 0.899. The highest BCUT2D eigenvalue weighted by molar-refractivity contribution is 5.06. The zero-order valence-corrected chi connectivity index (χ0v) is 5.76. The summed E-state index contributed by atoms with van der Waals surface area (Å²) in [5, 5.41) is 0. The Labute approximate surface area is 56.0 Å². The summed E-state index contributed by atoms with van der Waals surface area (Å²) in [5.41, 5.74) is 5.23. The second kappa shape index (κ2) is 5.38. The number of ether oxygens (including phenoxy) is 1. The summed E-state index contributed by atoms with van der Waals surface area (Å²) < 4.78 is 4.77. The van der Waals surface area contributed by atoms with Crippen LogP contribution in [0.2, 0.25) is 0 Å². The van der Waals surface area contributed by atoms with E-state index in [1.165, 1.54) is 0 Å². The SMILES string of the molecule is C=C(/C=C\CCN)OC. The van der Waals surface area contributed by atoms with Gasteiger partial charge >= 0.3 is 0 Å². The predicted molar refractivity (Wildman–Crippen MR) is 39.0 cm³/mol. The minimum Gasteiger partial charge on any atom is -0.497 e. The Bertz CT molecular complexity index is 107. The Kier molecular flexibility index (Phi) is 4.92. The van der Waals surface area contributed by atoms with Crippen molar-refractivity contribution < 1.29 is 4.74 Å². The van der Waals surface area contributed by atoms with Gasteiger partial charge in [0.1, 0.15) is 5.76 Å². The molecule has 2 heteroatoms. The normalized spacial score (nSPS) is 10.0. The Hall–Kier alpha value is -0.760. The molecule has 52 valence electrons. The molecule has 0 amide bonds. The van der Waals surface area contributed by atoms with E-state index in [2.05, 4.69) is 6.58 Å². The molecule has 0 aliphatic carbocycles. The quantitative estimate of drug-likeness (QED) is 0.452. The first-order chi connectivity index (χ1) is 4.31. The van der Waals surface area contributed by atoms with E-state index in [1.54, 1.807) is 7.11 Å². The minimum absolute atomic E-state index is 0.670. The number of nitrogens with two attached hydrogens (primary N) is 1. The summed E-state index contributed by atoms with van der Waals surface area (Å²) in [6.45, 7) is 4.27. The van der Waals surface area contributed by atoms with Gasteiger partial charge in [-0.25, -0.2) is 0 Å². The van der Waals surface area contributed by atoms with Gasteiger partial charge in [-0.05, 0) is 19.0 Å². The van der Waals surface area contributed by atoms with Crippen LogP contribution < -0.4 is 5.73 Å². The lowest BCUT2D eigenvalue weighted by atomic mass is 10.3. The lowest BCUT2D eigenvalue weighted by Crippen LogP contribution is -1.95. The van der Waals surface area contributed by atoms with E-state index >= 15 is 0 Å². The van der Waals surface area contributed by atoms with Crippen molar-refractivity contribution in [1.82, 2.24) is 0 Å². The van der Waals surface area contributed by atoms with Gasteiger partial charge in [0.05, 0.1) is 7.11 Å². The fourth-order valence-corrected chi connectivity index (χ4v) is 0.379. The maximum Gasteiger partial charge on any atom is 0.111 e. The maximum atomic E-state index is 5.23. The molecule has 0 fully saturated rings. The summed E-state index contributed by atoms with van der Waals surface area (Å²) in [4.78, 5) is 0. The molecule has 0 aromatic rings. The van der Waals surface area contributed by atoms with E-state index < -0.39 is 0 Å². The van der Waals surface area contributed by atoms with Crippen LogP contribution in [0.15, 0.2) is 24.5 Å². The number of hydrogen-bond acceptors (Lipinski definition) is 2. The van der Waals surface area contributed by atoms with Crippen LogP contribution in [0.4, 0.5) is 0 Å². The highest BCUT2D eigenvalue weighted by atomic mass is 16.5. The molecule has 0 radical (unpaired) electrons. The number of rotatable bonds is 4. The molecule has 0 aromatic carbocycles. The first-order valence-electron chi connectivity index (χ1n) is 2.90. The average molecular weight is 127 g/mol. The van der Waals surface area contributed by atoms with Gasteiger partial charge in [-0.15, -0.1) is 0 Å². The van der Waals surface area contributed by atoms with Crippen molar-refractivity contribution in [3.05, 3.63) is 24.5 Å². The number of methoxy groups -OCH3 is 1. The van der Waals surface area contributed by atoms with Gasteiger partial charge in [-0.1, -0.05) is 12.7 Å². The van der Waals surface area contributed by atoms with Crippen molar-refractivity contribution in [2.75, 3.05) is 13.7 Å². The average Bonchev–Trinajstić information content (AvgIpc) is 1.89. The van der Waals surface area contributed by atoms with Crippen LogP contribution in [-0.4, -0.2) is 13.7 Å². The van der Waals surface area contributed by atoms with E-state index in [-0.39, 0.29) is 0 Å². The molecule has 0 saturated carbocycles. The van der Waals surface area contributed by atoms with Gasteiger partial charge in [-0.3, -0.25) is 0 Å². The fraction of sp³-hybridized carbons (Fsp3) is 0.429.